The van der Waals surface area contributed by atoms with Crippen LogP contribution in [0.25, 0.3) is 0 Å². The minimum atomic E-state index is -0.234. The molecule has 1 amide bonds. The van der Waals surface area contributed by atoms with Gasteiger partial charge in [0.1, 0.15) is 10.7 Å². The van der Waals surface area contributed by atoms with E-state index in [1.165, 1.54) is 11.3 Å². The second kappa shape index (κ2) is 7.26. The highest BCUT2D eigenvalue weighted by Crippen LogP contribution is 2.32. The number of nitrogen functional groups attached to an aromatic ring is 1. The van der Waals surface area contributed by atoms with Crippen LogP contribution in [0, 0.1) is 3.95 Å². The van der Waals surface area contributed by atoms with Crippen molar-refractivity contribution >= 4 is 35.3 Å². The van der Waals surface area contributed by atoms with Crippen molar-refractivity contribution in [2.45, 2.75) is 32.0 Å². The zero-order chi connectivity index (χ0) is 18.1. The van der Waals surface area contributed by atoms with E-state index in [1.807, 2.05) is 18.2 Å². The van der Waals surface area contributed by atoms with Crippen molar-refractivity contribution in [1.29, 1.82) is 0 Å². The van der Waals surface area contributed by atoms with E-state index in [0.717, 1.165) is 25.0 Å². The molecule has 9 heteroatoms. The number of fused-ring (bicyclic) bond motifs is 1. The molecule has 0 bridgehead atoms. The van der Waals surface area contributed by atoms with Gasteiger partial charge >= 0.3 is 0 Å². The monoisotopic (exact) mass is 393 g/mol. The van der Waals surface area contributed by atoms with Crippen molar-refractivity contribution in [3.8, 4) is 11.5 Å². The third-order valence-electron chi connectivity index (χ3n) is 4.44. The number of hydrogen-bond donors (Lipinski definition) is 2. The average Bonchev–Trinajstić information content (AvgIpc) is 3.36. The van der Waals surface area contributed by atoms with Crippen LogP contribution in [-0.2, 0) is 17.8 Å². The maximum Gasteiger partial charge on any atom is 0.265 e. The number of amides is 1. The predicted molar refractivity (Wildman–Crippen MR) is 100 cm³/mol. The highest BCUT2D eigenvalue weighted by atomic mass is 32.1. The molecular formula is C17H19N3O4S2. The van der Waals surface area contributed by atoms with Crippen molar-refractivity contribution in [3.63, 3.8) is 0 Å². The van der Waals surface area contributed by atoms with Gasteiger partial charge in [0.2, 0.25) is 6.79 Å². The fraction of sp³-hybridized carbons (Fsp3) is 0.412. The summed E-state index contributed by atoms with van der Waals surface area (Å²) in [4.78, 5) is 13.0. The zero-order valence-electron chi connectivity index (χ0n) is 14.0. The summed E-state index contributed by atoms with van der Waals surface area (Å²) in [5, 5.41) is 2.89. The van der Waals surface area contributed by atoms with Gasteiger partial charge in [-0.2, -0.15) is 0 Å². The molecule has 0 saturated carbocycles. The summed E-state index contributed by atoms with van der Waals surface area (Å²) in [6, 6.07) is 5.58. The van der Waals surface area contributed by atoms with Crippen LogP contribution >= 0.6 is 23.6 Å². The van der Waals surface area contributed by atoms with Crippen LogP contribution in [0.15, 0.2) is 18.2 Å². The molecule has 138 valence electrons. The highest BCUT2D eigenvalue weighted by Gasteiger charge is 2.22. The largest absolute Gasteiger partial charge is 0.454 e. The van der Waals surface area contributed by atoms with E-state index in [1.54, 1.807) is 4.57 Å². The minimum absolute atomic E-state index is 0.114. The van der Waals surface area contributed by atoms with Crippen LogP contribution in [0.5, 0.6) is 11.5 Å². The number of anilines is 1. The maximum atomic E-state index is 12.5. The molecule has 2 aromatic rings. The molecule has 26 heavy (non-hydrogen) atoms. The van der Waals surface area contributed by atoms with Crippen LogP contribution < -0.4 is 20.5 Å². The summed E-state index contributed by atoms with van der Waals surface area (Å²) in [6.45, 7) is 1.95. The SMILES string of the molecule is Nc1c(C(=O)NCc2ccc3c(c2)OCO3)sc(=S)n1C[C@@H]1CCCO1. The van der Waals surface area contributed by atoms with E-state index in [2.05, 4.69) is 5.32 Å². The molecule has 1 saturated heterocycles. The summed E-state index contributed by atoms with van der Waals surface area (Å²) in [7, 11) is 0. The summed E-state index contributed by atoms with van der Waals surface area (Å²) < 4.78 is 18.7. The van der Waals surface area contributed by atoms with Crippen LogP contribution in [0.2, 0.25) is 0 Å². The topological polar surface area (TPSA) is 87.7 Å². The molecule has 0 unspecified atom stereocenters. The number of hydrogen-bond acceptors (Lipinski definition) is 7. The Morgan fingerprint density at radius 1 is 1.38 bits per heavy atom. The Morgan fingerprint density at radius 3 is 3.04 bits per heavy atom. The van der Waals surface area contributed by atoms with Gasteiger partial charge in [0, 0.05) is 13.2 Å². The molecule has 0 aliphatic carbocycles. The normalized spacial score (nSPS) is 18.2. The first-order valence-electron chi connectivity index (χ1n) is 8.39. The van der Waals surface area contributed by atoms with E-state index in [4.69, 9.17) is 32.2 Å². The van der Waals surface area contributed by atoms with E-state index in [-0.39, 0.29) is 18.8 Å². The smallest absolute Gasteiger partial charge is 0.265 e. The second-order valence-corrected chi connectivity index (χ2v) is 7.84. The number of rotatable bonds is 5. The van der Waals surface area contributed by atoms with Crippen molar-refractivity contribution in [2.24, 2.45) is 0 Å². The number of benzene rings is 1. The Morgan fingerprint density at radius 2 is 2.23 bits per heavy atom. The Labute approximate surface area is 159 Å². The van der Waals surface area contributed by atoms with Gasteiger partial charge in [0.25, 0.3) is 5.91 Å². The molecule has 1 aromatic carbocycles. The number of nitrogens with two attached hydrogens (primary N) is 1. The van der Waals surface area contributed by atoms with Gasteiger partial charge in [-0.05, 0) is 42.8 Å². The fourth-order valence-electron chi connectivity index (χ4n) is 3.06. The highest BCUT2D eigenvalue weighted by molar-refractivity contribution is 7.73. The molecular weight excluding hydrogens is 374 g/mol. The lowest BCUT2D eigenvalue weighted by Crippen LogP contribution is -2.24. The van der Waals surface area contributed by atoms with Gasteiger partial charge in [-0.3, -0.25) is 4.79 Å². The number of aromatic nitrogens is 1. The molecule has 1 atom stereocenters. The molecule has 0 spiro atoms. The lowest BCUT2D eigenvalue weighted by atomic mass is 10.2. The number of thiazole rings is 1. The summed E-state index contributed by atoms with van der Waals surface area (Å²) in [5.74, 6) is 1.57. The molecule has 2 aliphatic rings. The van der Waals surface area contributed by atoms with Gasteiger partial charge in [-0.15, -0.1) is 0 Å². The van der Waals surface area contributed by atoms with Gasteiger partial charge in [-0.25, -0.2) is 0 Å². The zero-order valence-corrected chi connectivity index (χ0v) is 15.7. The molecule has 1 aromatic heterocycles. The quantitative estimate of drug-likeness (QED) is 0.760. The number of nitrogens with one attached hydrogen (secondary N) is 1. The molecule has 7 nitrogen and oxygen atoms in total. The lowest BCUT2D eigenvalue weighted by Gasteiger charge is -2.12. The first-order valence-corrected chi connectivity index (χ1v) is 9.61. The summed E-state index contributed by atoms with van der Waals surface area (Å²) in [6.07, 6.45) is 2.15. The van der Waals surface area contributed by atoms with Crippen LogP contribution in [-0.4, -0.2) is 30.0 Å². The van der Waals surface area contributed by atoms with E-state index in [0.29, 0.717) is 39.2 Å². The molecule has 3 N–H and O–H groups in total. The first-order chi connectivity index (χ1) is 12.6. The summed E-state index contributed by atoms with van der Waals surface area (Å²) >= 11 is 6.61. The molecule has 1 fully saturated rings. The Kier molecular flexibility index (Phi) is 4.84. The Bertz CT molecular complexity index is 887. The van der Waals surface area contributed by atoms with Crippen molar-refractivity contribution < 1.29 is 19.0 Å². The molecule has 3 heterocycles. The van der Waals surface area contributed by atoms with E-state index >= 15 is 0 Å². The lowest BCUT2D eigenvalue weighted by molar-refractivity contribution is 0.0946. The van der Waals surface area contributed by atoms with E-state index in [9.17, 15) is 4.79 Å². The first kappa shape index (κ1) is 17.3. The summed E-state index contributed by atoms with van der Waals surface area (Å²) in [5.41, 5.74) is 7.10. The van der Waals surface area contributed by atoms with Gasteiger partial charge in [-0.1, -0.05) is 17.4 Å². The second-order valence-electron chi connectivity index (χ2n) is 6.20. The van der Waals surface area contributed by atoms with Crippen molar-refractivity contribution in [3.05, 3.63) is 32.6 Å². The van der Waals surface area contributed by atoms with Crippen LogP contribution in [0.3, 0.4) is 0 Å². The molecule has 0 radical (unpaired) electrons. The predicted octanol–water partition coefficient (Wildman–Crippen LogP) is 2.70. The van der Waals surface area contributed by atoms with Gasteiger partial charge in [0.15, 0.2) is 15.5 Å². The fourth-order valence-corrected chi connectivity index (χ4v) is 4.32. The third kappa shape index (κ3) is 3.42. The molecule has 4 rings (SSSR count). The maximum absolute atomic E-state index is 12.5. The van der Waals surface area contributed by atoms with Crippen molar-refractivity contribution in [2.75, 3.05) is 19.1 Å². The average molecular weight is 393 g/mol. The number of carbonyl (C=O) groups excluding carboxylic acids is 1. The van der Waals surface area contributed by atoms with Crippen LogP contribution in [0.4, 0.5) is 5.82 Å². The van der Waals surface area contributed by atoms with Crippen molar-refractivity contribution in [1.82, 2.24) is 9.88 Å². The number of ether oxygens (including phenoxy) is 3. The van der Waals surface area contributed by atoms with Crippen LogP contribution in [0.1, 0.15) is 28.1 Å². The van der Waals surface area contributed by atoms with E-state index < -0.39 is 0 Å². The van der Waals surface area contributed by atoms with Gasteiger partial charge in [0.05, 0.1) is 12.6 Å². The Hall–Kier alpha value is -2.10. The van der Waals surface area contributed by atoms with Gasteiger partial charge < -0.3 is 29.8 Å². The number of carbonyl (C=O) groups is 1. The molecule has 2 aliphatic heterocycles. The third-order valence-corrected chi connectivity index (χ3v) is 5.90. The minimum Gasteiger partial charge on any atom is -0.454 e. The number of nitrogens with zero attached hydrogens (tertiary/aromatic N) is 1. The standard InChI is InChI=1S/C17H19N3O4S2/c18-15-14(26-17(25)20(15)8-11-2-1-5-22-11)16(21)19-7-10-3-4-12-13(6-10)24-9-23-12/h3-4,6,11H,1-2,5,7-9,18H2,(H,19,21)/t11-/m0/s1. The Balaban J connectivity index is 1.44.